The first-order valence-corrected chi connectivity index (χ1v) is 6.19. The minimum Gasteiger partial charge on any atom is -0.380 e. The Kier molecular flexibility index (Phi) is 8.39. The van der Waals surface area contributed by atoms with Crippen LogP contribution in [0.15, 0.2) is 24.3 Å². The van der Waals surface area contributed by atoms with Gasteiger partial charge in [-0.05, 0) is 23.6 Å². The van der Waals surface area contributed by atoms with Gasteiger partial charge in [0.05, 0.1) is 12.5 Å². The van der Waals surface area contributed by atoms with Crippen molar-refractivity contribution in [1.82, 2.24) is 0 Å². The topological polar surface area (TPSA) is 64.3 Å². The molecule has 1 rings (SSSR count). The highest BCUT2D eigenvalue weighted by Crippen LogP contribution is 2.18. The molecular formula is C14H23ClN2O2. The number of hydrogen-bond donors (Lipinski definition) is 2. The molecule has 0 spiro atoms. The van der Waals surface area contributed by atoms with E-state index in [0.29, 0.717) is 12.5 Å². The van der Waals surface area contributed by atoms with Crippen LogP contribution in [0.4, 0.5) is 5.69 Å². The van der Waals surface area contributed by atoms with Crippen molar-refractivity contribution in [3.63, 3.8) is 0 Å². The Morgan fingerprint density at radius 1 is 1.42 bits per heavy atom. The molecule has 0 heterocycles. The fraction of sp³-hybridized carbons (Fsp3) is 0.500. The molecule has 108 valence electrons. The monoisotopic (exact) mass is 286 g/mol. The van der Waals surface area contributed by atoms with Gasteiger partial charge in [0.1, 0.15) is 0 Å². The fourth-order valence-electron chi connectivity index (χ4n) is 1.66. The van der Waals surface area contributed by atoms with Gasteiger partial charge in [-0.2, -0.15) is 0 Å². The van der Waals surface area contributed by atoms with E-state index in [-0.39, 0.29) is 30.8 Å². The number of anilines is 1. The number of ether oxygens (including phenoxy) is 1. The summed E-state index contributed by atoms with van der Waals surface area (Å²) in [6.45, 7) is 4.59. The van der Waals surface area contributed by atoms with Crippen LogP contribution in [0.2, 0.25) is 0 Å². The van der Waals surface area contributed by atoms with Gasteiger partial charge in [0.25, 0.3) is 0 Å². The lowest BCUT2D eigenvalue weighted by Crippen LogP contribution is -2.28. The van der Waals surface area contributed by atoms with Crippen molar-refractivity contribution < 1.29 is 9.53 Å². The average Bonchev–Trinajstić information content (AvgIpc) is 2.36. The number of halogens is 1. The molecule has 0 aromatic heterocycles. The minimum atomic E-state index is -0.224. The summed E-state index contributed by atoms with van der Waals surface area (Å²) in [5.41, 5.74) is 7.51. The molecule has 0 radical (unpaired) electrons. The Labute approximate surface area is 121 Å². The second kappa shape index (κ2) is 8.91. The van der Waals surface area contributed by atoms with Crippen LogP contribution in [0.25, 0.3) is 0 Å². The van der Waals surface area contributed by atoms with E-state index in [9.17, 15) is 4.79 Å². The number of nitrogens with two attached hydrogens (primary N) is 1. The molecule has 5 heteroatoms. The van der Waals surface area contributed by atoms with E-state index in [4.69, 9.17) is 10.5 Å². The Morgan fingerprint density at radius 3 is 2.63 bits per heavy atom. The summed E-state index contributed by atoms with van der Waals surface area (Å²) in [5.74, 6) is 0.367. The van der Waals surface area contributed by atoms with Gasteiger partial charge in [-0.3, -0.25) is 4.79 Å². The van der Waals surface area contributed by atoms with Gasteiger partial charge in [-0.25, -0.2) is 0 Å². The van der Waals surface area contributed by atoms with Crippen molar-refractivity contribution in [1.29, 1.82) is 0 Å². The Hall–Kier alpha value is -1.10. The van der Waals surface area contributed by atoms with Crippen LogP contribution in [0.3, 0.4) is 0 Å². The zero-order valence-electron chi connectivity index (χ0n) is 11.7. The number of nitrogens with one attached hydrogen (secondary N) is 1. The number of methoxy groups -OCH3 is 1. The third kappa shape index (κ3) is 6.05. The van der Waals surface area contributed by atoms with E-state index in [1.807, 2.05) is 18.2 Å². The highest BCUT2D eigenvalue weighted by molar-refractivity contribution is 5.91. The molecule has 0 aliphatic rings. The van der Waals surface area contributed by atoms with E-state index in [0.717, 1.165) is 5.69 Å². The first kappa shape index (κ1) is 17.9. The predicted molar refractivity (Wildman–Crippen MR) is 80.9 cm³/mol. The Morgan fingerprint density at radius 2 is 2.11 bits per heavy atom. The zero-order chi connectivity index (χ0) is 13.5. The van der Waals surface area contributed by atoms with Crippen molar-refractivity contribution >= 4 is 24.0 Å². The third-order valence-electron chi connectivity index (χ3n) is 2.85. The van der Waals surface area contributed by atoms with Crippen LogP contribution < -0.4 is 11.1 Å². The quantitative estimate of drug-likeness (QED) is 0.845. The van der Waals surface area contributed by atoms with E-state index in [1.165, 1.54) is 5.56 Å². The van der Waals surface area contributed by atoms with E-state index >= 15 is 0 Å². The summed E-state index contributed by atoms with van der Waals surface area (Å²) in [6.07, 6.45) is 0.0529. The molecule has 19 heavy (non-hydrogen) atoms. The molecule has 0 aliphatic heterocycles. The molecular weight excluding hydrogens is 264 g/mol. The maximum absolute atomic E-state index is 11.8. The molecule has 0 saturated carbocycles. The van der Waals surface area contributed by atoms with Gasteiger partial charge >= 0.3 is 0 Å². The second-order valence-electron chi connectivity index (χ2n) is 4.63. The van der Waals surface area contributed by atoms with E-state index in [1.54, 1.807) is 7.11 Å². The van der Waals surface area contributed by atoms with E-state index in [2.05, 4.69) is 25.2 Å². The number of hydrogen-bond acceptors (Lipinski definition) is 3. The van der Waals surface area contributed by atoms with Crippen LogP contribution in [-0.4, -0.2) is 25.7 Å². The third-order valence-corrected chi connectivity index (χ3v) is 2.85. The van der Waals surface area contributed by atoms with Gasteiger partial charge < -0.3 is 15.8 Å². The highest BCUT2D eigenvalue weighted by Gasteiger charge is 2.11. The lowest BCUT2D eigenvalue weighted by atomic mass is 10.0. The van der Waals surface area contributed by atoms with Crippen molar-refractivity contribution in [2.75, 3.05) is 19.0 Å². The van der Waals surface area contributed by atoms with Crippen molar-refractivity contribution in [2.45, 2.75) is 32.3 Å². The summed E-state index contributed by atoms with van der Waals surface area (Å²) < 4.78 is 5.08. The second-order valence-corrected chi connectivity index (χ2v) is 4.63. The zero-order valence-corrected chi connectivity index (χ0v) is 12.5. The smallest absolute Gasteiger partial charge is 0.227 e. The van der Waals surface area contributed by atoms with Crippen molar-refractivity contribution in [2.24, 2.45) is 5.73 Å². The van der Waals surface area contributed by atoms with Gasteiger partial charge in [-0.1, -0.05) is 26.0 Å². The van der Waals surface area contributed by atoms with Gasteiger partial charge in [-0.15, -0.1) is 12.4 Å². The summed E-state index contributed by atoms with van der Waals surface area (Å²) in [4.78, 5) is 11.8. The van der Waals surface area contributed by atoms with Crippen molar-refractivity contribution in [3.8, 4) is 0 Å². The highest BCUT2D eigenvalue weighted by atomic mass is 35.5. The van der Waals surface area contributed by atoms with Crippen LogP contribution in [0.5, 0.6) is 0 Å². The molecule has 3 N–H and O–H groups in total. The summed E-state index contributed by atoms with van der Waals surface area (Å²) in [5, 5.41) is 2.86. The molecule has 1 aromatic rings. The standard InChI is InChI=1S/C14H22N2O2.ClH/c1-10(2)11-5-4-6-12(7-11)16-14(17)8-13(9-15)18-3;/h4-7,10,13H,8-9,15H2,1-3H3,(H,16,17);1H. The normalized spacial score (nSPS) is 11.8. The number of amides is 1. The molecule has 1 amide bonds. The first-order valence-electron chi connectivity index (χ1n) is 6.19. The minimum absolute atomic E-state index is 0. The number of rotatable bonds is 6. The molecule has 0 aliphatic carbocycles. The maximum Gasteiger partial charge on any atom is 0.227 e. The summed E-state index contributed by atoms with van der Waals surface area (Å²) in [7, 11) is 1.56. The molecule has 0 fully saturated rings. The molecule has 0 bridgehead atoms. The first-order chi connectivity index (χ1) is 8.56. The van der Waals surface area contributed by atoms with Crippen LogP contribution in [-0.2, 0) is 9.53 Å². The lowest BCUT2D eigenvalue weighted by molar-refractivity contribution is -0.118. The van der Waals surface area contributed by atoms with Gasteiger partial charge in [0.15, 0.2) is 0 Å². The largest absolute Gasteiger partial charge is 0.380 e. The molecule has 1 aromatic carbocycles. The SMILES string of the molecule is COC(CN)CC(=O)Nc1cccc(C(C)C)c1.Cl. The fourth-order valence-corrected chi connectivity index (χ4v) is 1.66. The number of carbonyl (C=O) groups is 1. The Balaban J connectivity index is 0.00000324. The maximum atomic E-state index is 11.8. The van der Waals surface area contributed by atoms with Crippen LogP contribution in [0, 0.1) is 0 Å². The molecule has 0 saturated heterocycles. The summed E-state index contributed by atoms with van der Waals surface area (Å²) >= 11 is 0. The molecule has 1 unspecified atom stereocenters. The molecule has 4 nitrogen and oxygen atoms in total. The van der Waals surface area contributed by atoms with Crippen molar-refractivity contribution in [3.05, 3.63) is 29.8 Å². The predicted octanol–water partition coefficient (Wildman–Crippen LogP) is 2.53. The van der Waals surface area contributed by atoms with Gasteiger partial charge in [0, 0.05) is 19.3 Å². The Bertz CT molecular complexity index is 393. The lowest BCUT2D eigenvalue weighted by Gasteiger charge is -2.13. The summed E-state index contributed by atoms with van der Waals surface area (Å²) in [6, 6.07) is 7.88. The molecule has 1 atom stereocenters. The van der Waals surface area contributed by atoms with Crippen LogP contribution in [0.1, 0.15) is 31.7 Å². The van der Waals surface area contributed by atoms with E-state index < -0.39 is 0 Å². The average molecular weight is 287 g/mol. The number of carbonyl (C=O) groups excluding carboxylic acids is 1. The van der Waals surface area contributed by atoms with Crippen LogP contribution >= 0.6 is 12.4 Å². The van der Waals surface area contributed by atoms with Gasteiger partial charge in [0.2, 0.25) is 5.91 Å². The number of benzene rings is 1.